The van der Waals surface area contributed by atoms with Crippen LogP contribution in [0.1, 0.15) is 5.56 Å². The number of aliphatic imine (C=N–C) groups is 1. The van der Waals surface area contributed by atoms with Crippen molar-refractivity contribution in [2.75, 3.05) is 12.4 Å². The molecule has 150 valence electrons. The summed E-state index contributed by atoms with van der Waals surface area (Å²) in [4.78, 5) is 4.20. The van der Waals surface area contributed by atoms with Gasteiger partial charge in [0.1, 0.15) is 5.75 Å². The monoisotopic (exact) mass is 406 g/mol. The van der Waals surface area contributed by atoms with E-state index in [1.54, 1.807) is 37.7 Å². The van der Waals surface area contributed by atoms with Crippen LogP contribution >= 0.6 is 0 Å². The molecule has 3 aromatic rings. The Hall–Kier alpha value is -3.76. The number of fused-ring (bicyclic) bond motifs is 1. The first-order valence-electron chi connectivity index (χ1n) is 9.15. The quantitative estimate of drug-likeness (QED) is 0.670. The maximum absolute atomic E-state index is 13.0. The number of allylic oxidation sites excluding steroid dienone is 1. The Balaban J connectivity index is 1.72. The highest BCUT2D eigenvalue weighted by molar-refractivity contribution is 5.78. The van der Waals surface area contributed by atoms with E-state index in [1.165, 1.54) is 6.07 Å². The largest absolute Gasteiger partial charge is 0.495 e. The lowest BCUT2D eigenvalue weighted by atomic mass is 10.0. The number of anilines is 2. The fourth-order valence-corrected chi connectivity index (χ4v) is 3.22. The average molecular weight is 406 g/mol. The lowest BCUT2D eigenvalue weighted by Crippen LogP contribution is -2.25. The maximum Gasteiger partial charge on any atom is 0.416 e. The first-order valence-corrected chi connectivity index (χ1v) is 9.15. The number of methoxy groups -OCH3 is 1. The van der Waals surface area contributed by atoms with Gasteiger partial charge in [0.25, 0.3) is 0 Å². The molecule has 0 aromatic heterocycles. The van der Waals surface area contributed by atoms with Crippen molar-refractivity contribution in [2.45, 2.75) is 6.18 Å². The summed E-state index contributed by atoms with van der Waals surface area (Å²) >= 11 is 0. The molecule has 0 amide bonds. The number of halogens is 3. The highest BCUT2D eigenvalue weighted by Gasteiger charge is 2.30. The molecule has 0 aliphatic carbocycles. The van der Waals surface area contributed by atoms with Crippen LogP contribution < -0.4 is 20.5 Å². The van der Waals surface area contributed by atoms with Gasteiger partial charge in [-0.25, -0.2) is 0 Å². The Labute approximate surface area is 171 Å². The van der Waals surface area contributed by atoms with Crippen molar-refractivity contribution < 1.29 is 17.9 Å². The van der Waals surface area contributed by atoms with E-state index in [1.807, 2.05) is 30.3 Å². The molecule has 0 atom stereocenters. The van der Waals surface area contributed by atoms with E-state index in [4.69, 9.17) is 4.74 Å². The van der Waals surface area contributed by atoms with Crippen molar-refractivity contribution in [1.82, 2.24) is 0 Å². The van der Waals surface area contributed by atoms with Crippen LogP contribution in [0.3, 0.4) is 0 Å². The first-order chi connectivity index (χ1) is 14.4. The van der Waals surface area contributed by atoms with E-state index in [2.05, 4.69) is 16.0 Å². The summed E-state index contributed by atoms with van der Waals surface area (Å²) in [5.74, 6) is 0.664. The molecule has 1 heterocycles. The van der Waals surface area contributed by atoms with Crippen LogP contribution in [0.5, 0.6) is 5.75 Å². The second kappa shape index (κ2) is 7.93. The smallest absolute Gasteiger partial charge is 0.416 e. The van der Waals surface area contributed by atoms with Crippen LogP contribution in [0.2, 0.25) is 0 Å². The number of nitrogens with one attached hydrogen (secondary N) is 1. The molecular formula is C24H17F3N2O. The van der Waals surface area contributed by atoms with E-state index < -0.39 is 11.7 Å². The predicted molar refractivity (Wildman–Crippen MR) is 113 cm³/mol. The molecule has 1 aliphatic rings. The van der Waals surface area contributed by atoms with E-state index in [0.717, 1.165) is 33.7 Å². The SMILES string of the molecule is COc1cc(-c2cccc(Nc3cccc(C(F)(F)F)c3)c2)cc2c1=C=CC=NC=2. The van der Waals surface area contributed by atoms with Crippen LogP contribution in [-0.4, -0.2) is 13.3 Å². The van der Waals surface area contributed by atoms with Gasteiger partial charge in [0, 0.05) is 29.0 Å². The number of alkyl halides is 3. The molecule has 0 spiro atoms. The van der Waals surface area contributed by atoms with Crippen molar-refractivity contribution in [3.05, 3.63) is 82.7 Å². The normalized spacial score (nSPS) is 12.4. The summed E-state index contributed by atoms with van der Waals surface area (Å²) in [6.07, 6.45) is 0.730. The van der Waals surface area contributed by atoms with Crippen LogP contribution in [0.4, 0.5) is 24.5 Å². The zero-order valence-electron chi connectivity index (χ0n) is 16.0. The summed E-state index contributed by atoms with van der Waals surface area (Å²) in [5, 5.41) is 4.73. The summed E-state index contributed by atoms with van der Waals surface area (Å²) in [7, 11) is 1.60. The van der Waals surface area contributed by atoms with Gasteiger partial charge in [-0.2, -0.15) is 13.2 Å². The van der Waals surface area contributed by atoms with Crippen LogP contribution in [0.15, 0.2) is 71.7 Å². The van der Waals surface area contributed by atoms with E-state index >= 15 is 0 Å². The van der Waals surface area contributed by atoms with Crippen molar-refractivity contribution in [1.29, 1.82) is 0 Å². The molecule has 0 bridgehead atoms. The topological polar surface area (TPSA) is 33.6 Å². The number of hydrogen-bond acceptors (Lipinski definition) is 3. The highest BCUT2D eigenvalue weighted by atomic mass is 19.4. The van der Waals surface area contributed by atoms with E-state index in [-0.39, 0.29) is 0 Å². The lowest BCUT2D eigenvalue weighted by Gasteiger charge is -2.12. The van der Waals surface area contributed by atoms with Gasteiger partial charge in [-0.1, -0.05) is 18.2 Å². The van der Waals surface area contributed by atoms with Gasteiger partial charge in [0.05, 0.1) is 17.9 Å². The minimum atomic E-state index is -4.39. The molecule has 30 heavy (non-hydrogen) atoms. The van der Waals surface area contributed by atoms with Gasteiger partial charge in [-0.15, -0.1) is 5.73 Å². The van der Waals surface area contributed by atoms with Crippen molar-refractivity contribution >= 4 is 29.5 Å². The van der Waals surface area contributed by atoms with Gasteiger partial charge in [-0.05, 0) is 59.7 Å². The Morgan fingerprint density at radius 3 is 2.47 bits per heavy atom. The summed E-state index contributed by atoms with van der Waals surface area (Å²) in [6.45, 7) is 0. The molecule has 3 aromatic carbocycles. The number of benzene rings is 3. The second-order valence-electron chi connectivity index (χ2n) is 6.67. The maximum atomic E-state index is 13.0. The van der Waals surface area contributed by atoms with Gasteiger partial charge in [-0.3, -0.25) is 4.99 Å². The molecule has 4 rings (SSSR count). The zero-order valence-corrected chi connectivity index (χ0v) is 16.0. The molecule has 6 heteroatoms. The summed E-state index contributed by atoms with van der Waals surface area (Å²) in [5.41, 5.74) is 5.28. The molecular weight excluding hydrogens is 389 g/mol. The lowest BCUT2D eigenvalue weighted by molar-refractivity contribution is -0.137. The molecule has 0 unspecified atom stereocenters. The summed E-state index contributed by atoms with van der Waals surface area (Å²) < 4.78 is 44.4. The Kier molecular flexibility index (Phi) is 5.17. The molecule has 1 aliphatic heterocycles. The average Bonchev–Trinajstić information content (AvgIpc) is 2.98. The Bertz CT molecular complexity index is 1290. The van der Waals surface area contributed by atoms with Crippen LogP contribution in [0.25, 0.3) is 23.1 Å². The number of hydrogen-bond donors (Lipinski definition) is 1. The zero-order chi connectivity index (χ0) is 21.1. The van der Waals surface area contributed by atoms with Crippen LogP contribution in [0, 0.1) is 0 Å². The minimum Gasteiger partial charge on any atom is -0.495 e. The first kappa shape index (κ1) is 19.6. The van der Waals surface area contributed by atoms with E-state index in [0.29, 0.717) is 17.1 Å². The molecule has 3 nitrogen and oxygen atoms in total. The Morgan fingerprint density at radius 2 is 1.70 bits per heavy atom. The van der Waals surface area contributed by atoms with E-state index in [9.17, 15) is 13.2 Å². The third kappa shape index (κ3) is 4.14. The minimum absolute atomic E-state index is 0.365. The standard InChI is InChI=1S/C24H17F3N2O/c1-30-23-13-17(11-18-15-28-10-4-9-22(18)23)16-5-2-7-20(12-16)29-21-8-3-6-19(14-21)24(25,26)27/h2-8,10-15,29H,1H3. The van der Waals surface area contributed by atoms with Gasteiger partial charge in [0.2, 0.25) is 0 Å². The van der Waals surface area contributed by atoms with Gasteiger partial charge in [0.15, 0.2) is 0 Å². The van der Waals surface area contributed by atoms with Crippen molar-refractivity contribution in [3.63, 3.8) is 0 Å². The number of ether oxygens (including phenoxy) is 1. The second-order valence-corrected chi connectivity index (χ2v) is 6.67. The Morgan fingerprint density at radius 1 is 0.933 bits per heavy atom. The molecule has 0 saturated carbocycles. The van der Waals surface area contributed by atoms with Crippen LogP contribution in [-0.2, 0) is 6.18 Å². The highest BCUT2D eigenvalue weighted by Crippen LogP contribution is 2.32. The van der Waals surface area contributed by atoms with Crippen molar-refractivity contribution in [2.24, 2.45) is 4.99 Å². The third-order valence-electron chi connectivity index (χ3n) is 4.63. The predicted octanol–water partition coefficient (Wildman–Crippen LogP) is 4.88. The number of nitrogens with zero attached hydrogens (tertiary/aromatic N) is 1. The van der Waals surface area contributed by atoms with Gasteiger partial charge >= 0.3 is 6.18 Å². The number of rotatable bonds is 4. The fraction of sp³-hybridized carbons (Fsp3) is 0.0833. The molecule has 0 radical (unpaired) electrons. The molecule has 1 N–H and O–H groups in total. The van der Waals surface area contributed by atoms with Crippen molar-refractivity contribution in [3.8, 4) is 16.9 Å². The summed E-state index contributed by atoms with van der Waals surface area (Å²) in [6, 6.07) is 16.5. The molecule has 0 fully saturated rings. The van der Waals surface area contributed by atoms with Gasteiger partial charge < -0.3 is 10.1 Å². The molecule has 0 saturated heterocycles. The third-order valence-corrected chi connectivity index (χ3v) is 4.63. The fourth-order valence-electron chi connectivity index (χ4n) is 3.22.